The molecule has 3 aromatic heterocycles. The highest BCUT2D eigenvalue weighted by molar-refractivity contribution is 6.02. The van der Waals surface area contributed by atoms with Crippen molar-refractivity contribution in [3.8, 4) is 11.1 Å². The van der Waals surface area contributed by atoms with Crippen LogP contribution in [-0.2, 0) is 5.41 Å². The summed E-state index contributed by atoms with van der Waals surface area (Å²) in [6, 6.07) is 2.09. The third-order valence-corrected chi connectivity index (χ3v) is 6.70. The number of fused-ring (bicyclic) bond motifs is 1. The molecular formula is C23H18F5N7O2. The van der Waals surface area contributed by atoms with Crippen molar-refractivity contribution in [2.75, 3.05) is 16.4 Å². The van der Waals surface area contributed by atoms with Crippen LogP contribution in [0, 0.1) is 11.6 Å². The zero-order valence-electron chi connectivity index (χ0n) is 18.9. The molecule has 1 aromatic carbocycles. The Morgan fingerprint density at radius 1 is 1.11 bits per heavy atom. The monoisotopic (exact) mass is 519 g/mol. The van der Waals surface area contributed by atoms with Gasteiger partial charge in [-0.15, -0.1) is 0 Å². The molecule has 0 radical (unpaired) electrons. The molecule has 2 aliphatic carbocycles. The molecule has 14 heteroatoms. The predicted octanol–water partition coefficient (Wildman–Crippen LogP) is 5.52. The Morgan fingerprint density at radius 3 is 2.43 bits per heavy atom. The number of amides is 2. The normalized spacial score (nSPS) is 16.7. The number of nitrogens with zero attached hydrogens (tertiary/aromatic N) is 4. The summed E-state index contributed by atoms with van der Waals surface area (Å²) in [4.78, 5) is 20.6. The molecule has 2 fully saturated rings. The van der Waals surface area contributed by atoms with Gasteiger partial charge < -0.3 is 20.1 Å². The van der Waals surface area contributed by atoms with E-state index in [4.69, 9.17) is 10.3 Å². The number of carbonyl (C=O) groups excluding carboxylic acids is 1. The smallest absolute Gasteiger partial charge is 0.383 e. The predicted molar refractivity (Wildman–Crippen MR) is 122 cm³/mol. The molecule has 0 saturated heterocycles. The van der Waals surface area contributed by atoms with E-state index in [-0.39, 0.29) is 36.0 Å². The molecule has 37 heavy (non-hydrogen) atoms. The zero-order valence-corrected chi connectivity index (χ0v) is 18.9. The van der Waals surface area contributed by atoms with Gasteiger partial charge in [0, 0.05) is 23.9 Å². The largest absolute Gasteiger partial charge is 0.400 e. The van der Waals surface area contributed by atoms with E-state index in [0.717, 1.165) is 31.0 Å². The highest BCUT2D eigenvalue weighted by Gasteiger charge is 2.66. The van der Waals surface area contributed by atoms with Gasteiger partial charge >= 0.3 is 12.2 Å². The maximum atomic E-state index is 15.0. The summed E-state index contributed by atoms with van der Waals surface area (Å²) < 4.78 is 76.4. The molecule has 2 aliphatic rings. The number of nitrogens with one attached hydrogen (secondary N) is 2. The topological polar surface area (TPSA) is 124 Å². The van der Waals surface area contributed by atoms with Crippen molar-refractivity contribution in [3.63, 3.8) is 0 Å². The van der Waals surface area contributed by atoms with Gasteiger partial charge in [0.1, 0.15) is 46.2 Å². The first-order valence-corrected chi connectivity index (χ1v) is 11.3. The lowest BCUT2D eigenvalue weighted by molar-refractivity contribution is -0.161. The quantitative estimate of drug-likeness (QED) is 0.298. The Bertz CT molecular complexity index is 1530. The number of anilines is 3. The number of alkyl halides is 3. The van der Waals surface area contributed by atoms with E-state index in [0.29, 0.717) is 16.6 Å². The van der Waals surface area contributed by atoms with Gasteiger partial charge in [-0.3, -0.25) is 5.32 Å². The Labute approximate surface area is 204 Å². The molecule has 9 nitrogen and oxygen atoms in total. The molecule has 4 N–H and O–H groups in total. The number of hydrogen-bond acceptors (Lipinski definition) is 6. The maximum Gasteiger partial charge on any atom is 0.400 e. The minimum Gasteiger partial charge on any atom is -0.383 e. The number of hydrogen-bond donors (Lipinski definition) is 3. The molecule has 2 saturated carbocycles. The molecule has 0 aliphatic heterocycles. The number of aromatic nitrogens is 4. The van der Waals surface area contributed by atoms with Gasteiger partial charge in [0.15, 0.2) is 0 Å². The fourth-order valence-electron chi connectivity index (χ4n) is 4.43. The highest BCUT2D eigenvalue weighted by atomic mass is 19.4. The van der Waals surface area contributed by atoms with Gasteiger partial charge in [-0.05, 0) is 43.4 Å². The third kappa shape index (κ3) is 3.83. The number of nitrogens with two attached hydrogens (primary N) is 1. The first-order valence-electron chi connectivity index (χ1n) is 11.3. The summed E-state index contributed by atoms with van der Waals surface area (Å²) in [5.74, 6) is -2.41. The van der Waals surface area contributed by atoms with E-state index in [1.165, 1.54) is 6.33 Å². The van der Waals surface area contributed by atoms with Crippen molar-refractivity contribution in [3.05, 3.63) is 48.1 Å². The Hall–Kier alpha value is -4.23. The molecule has 6 rings (SSSR count). The number of nitrogen functional groups attached to an aromatic ring is 1. The minimum absolute atomic E-state index is 0.144. The van der Waals surface area contributed by atoms with Crippen LogP contribution in [0.3, 0.4) is 0 Å². The van der Waals surface area contributed by atoms with Crippen LogP contribution in [0.25, 0.3) is 22.2 Å². The van der Waals surface area contributed by atoms with E-state index in [1.807, 2.05) is 9.88 Å². The van der Waals surface area contributed by atoms with Crippen molar-refractivity contribution in [2.45, 2.75) is 43.3 Å². The molecule has 4 aromatic rings. The van der Waals surface area contributed by atoms with E-state index in [1.54, 1.807) is 6.20 Å². The maximum absolute atomic E-state index is 15.0. The van der Waals surface area contributed by atoms with Crippen molar-refractivity contribution < 1.29 is 31.3 Å². The standard InChI is InChI=1S/C23H18F5N7O2/c24-13-5-10(12-8-35(11-1-2-11)20-17(12)19(29)30-9-31-20)6-14(25)18(13)33-21(36)32-16-7-15(34-37-16)22(3-4-22)23(26,27)28/h5-9,11H,1-4H2,(H2,29,30,31)(H2,32,33,36). The van der Waals surface area contributed by atoms with Crippen LogP contribution >= 0.6 is 0 Å². The van der Waals surface area contributed by atoms with E-state index >= 15 is 0 Å². The average Bonchev–Trinajstić information content (AvgIpc) is 3.75. The average molecular weight is 519 g/mol. The number of rotatable bonds is 5. The molecule has 0 bridgehead atoms. The molecule has 3 heterocycles. The third-order valence-electron chi connectivity index (χ3n) is 6.70. The summed E-state index contributed by atoms with van der Waals surface area (Å²) in [6.45, 7) is 0. The molecule has 2 amide bonds. The summed E-state index contributed by atoms with van der Waals surface area (Å²) in [7, 11) is 0. The number of urea groups is 1. The summed E-state index contributed by atoms with van der Waals surface area (Å²) in [5.41, 5.74) is 3.95. The fraction of sp³-hybridized carbons (Fsp3) is 0.304. The minimum atomic E-state index is -4.51. The second-order valence-corrected chi connectivity index (χ2v) is 9.19. The molecule has 192 valence electrons. The van der Waals surface area contributed by atoms with Crippen LogP contribution in [0.15, 0.2) is 35.2 Å². The number of carbonyl (C=O) groups is 1. The van der Waals surface area contributed by atoms with E-state index < -0.39 is 40.8 Å². The Morgan fingerprint density at radius 2 is 1.81 bits per heavy atom. The van der Waals surface area contributed by atoms with E-state index in [2.05, 4.69) is 20.4 Å². The zero-order chi connectivity index (χ0) is 26.1. The van der Waals surface area contributed by atoms with Crippen molar-refractivity contribution in [1.82, 2.24) is 19.7 Å². The van der Waals surface area contributed by atoms with Crippen LogP contribution in [0.1, 0.15) is 37.4 Å². The van der Waals surface area contributed by atoms with Gasteiger partial charge in [0.2, 0.25) is 5.88 Å². The van der Waals surface area contributed by atoms with Crippen LogP contribution in [0.5, 0.6) is 0 Å². The SMILES string of the molecule is Nc1ncnc2c1c(-c1cc(F)c(NC(=O)Nc3cc(C4(C(F)(F)F)CC4)no3)c(F)c1)cn2C1CC1. The van der Waals surface area contributed by atoms with Gasteiger partial charge in [-0.25, -0.2) is 23.5 Å². The van der Waals surface area contributed by atoms with Crippen LogP contribution in [0.2, 0.25) is 0 Å². The molecular weight excluding hydrogens is 501 g/mol. The van der Waals surface area contributed by atoms with E-state index in [9.17, 15) is 26.7 Å². The number of halogens is 5. The Kier molecular flexibility index (Phi) is 4.94. The van der Waals surface area contributed by atoms with Crippen molar-refractivity contribution in [1.29, 1.82) is 0 Å². The lowest BCUT2D eigenvalue weighted by Crippen LogP contribution is -2.28. The first kappa shape index (κ1) is 23.2. The summed E-state index contributed by atoms with van der Waals surface area (Å²) >= 11 is 0. The first-order chi connectivity index (χ1) is 17.6. The van der Waals surface area contributed by atoms with Gasteiger partial charge in [-0.1, -0.05) is 5.16 Å². The van der Waals surface area contributed by atoms with Gasteiger partial charge in [0.05, 0.1) is 5.39 Å². The van der Waals surface area contributed by atoms with Crippen molar-refractivity contribution >= 4 is 34.5 Å². The summed E-state index contributed by atoms with van der Waals surface area (Å²) in [6.07, 6.45) is 0.117. The molecule has 0 spiro atoms. The van der Waals surface area contributed by atoms with Crippen LogP contribution in [-0.4, -0.2) is 31.9 Å². The summed E-state index contributed by atoms with van der Waals surface area (Å²) in [5, 5.41) is 7.98. The lowest BCUT2D eigenvalue weighted by atomic mass is 10.0. The second-order valence-electron chi connectivity index (χ2n) is 9.19. The highest BCUT2D eigenvalue weighted by Crippen LogP contribution is 2.58. The fourth-order valence-corrected chi connectivity index (χ4v) is 4.43. The van der Waals surface area contributed by atoms with Crippen LogP contribution in [0.4, 0.5) is 44.1 Å². The van der Waals surface area contributed by atoms with Crippen molar-refractivity contribution in [2.24, 2.45) is 0 Å². The van der Waals surface area contributed by atoms with Gasteiger partial charge in [0.25, 0.3) is 0 Å². The van der Waals surface area contributed by atoms with Crippen LogP contribution < -0.4 is 16.4 Å². The second kappa shape index (κ2) is 7.88. The Balaban J connectivity index is 1.24. The molecule has 0 atom stereocenters. The lowest BCUT2D eigenvalue weighted by Gasteiger charge is -2.15. The number of benzene rings is 1. The van der Waals surface area contributed by atoms with Gasteiger partial charge in [-0.2, -0.15) is 13.2 Å². The molecule has 0 unspecified atom stereocenters.